The molecule has 0 aromatic rings. The molecule has 1 saturated heterocycles. The van der Waals surface area contributed by atoms with E-state index in [9.17, 15) is 13.0 Å². The molecule has 1 atom stereocenters. The number of hydrogen-bond acceptors (Lipinski definition) is 5. The fourth-order valence-electron chi connectivity index (χ4n) is 0.935. The minimum atomic E-state index is -4.54. The molecule has 1 fully saturated rings. The van der Waals surface area contributed by atoms with E-state index in [4.69, 9.17) is 4.74 Å². The van der Waals surface area contributed by atoms with E-state index >= 15 is 0 Å². The van der Waals surface area contributed by atoms with Crippen molar-refractivity contribution in [1.29, 1.82) is 0 Å². The molecule has 0 aromatic carbocycles. The summed E-state index contributed by atoms with van der Waals surface area (Å²) in [6.45, 7) is 0.471. The zero-order chi connectivity index (χ0) is 8.32. The molecule has 1 rings (SSSR count). The van der Waals surface area contributed by atoms with Gasteiger partial charge in [-0.15, -0.1) is 0 Å². The van der Waals surface area contributed by atoms with Crippen LogP contribution in [0.3, 0.4) is 0 Å². The van der Waals surface area contributed by atoms with Gasteiger partial charge in [-0.2, -0.15) is 0 Å². The topological polar surface area (TPSA) is 75.7 Å². The fourth-order valence-corrected chi connectivity index (χ4v) is 1.25. The van der Waals surface area contributed by atoms with Crippen LogP contribution >= 0.6 is 0 Å². The average molecular weight is 204 g/mol. The summed E-state index contributed by atoms with van der Waals surface area (Å²) in [6.07, 6.45) is 1.43. The van der Waals surface area contributed by atoms with E-state index in [2.05, 4.69) is 4.18 Å². The minimum absolute atomic E-state index is 0. The van der Waals surface area contributed by atoms with Gasteiger partial charge in [0.2, 0.25) is 10.4 Å². The van der Waals surface area contributed by atoms with Gasteiger partial charge in [-0.25, -0.2) is 8.42 Å². The summed E-state index contributed by atoms with van der Waals surface area (Å²) in [7, 11) is -4.54. The molecule has 0 amide bonds. The zero-order valence-corrected chi connectivity index (χ0v) is 9.67. The molecular weight excluding hydrogens is 195 g/mol. The largest absolute Gasteiger partial charge is 1.00 e. The van der Waals surface area contributed by atoms with Crippen LogP contribution in [-0.2, 0) is 19.3 Å². The van der Waals surface area contributed by atoms with Crippen LogP contribution in [0.15, 0.2) is 0 Å². The number of ether oxygens (including phenoxy) is 1. The van der Waals surface area contributed by atoms with Crippen LogP contribution in [0.4, 0.5) is 0 Å². The predicted octanol–water partition coefficient (Wildman–Crippen LogP) is -3.35. The Morgan fingerprint density at radius 3 is 2.67 bits per heavy atom. The molecule has 5 nitrogen and oxygen atoms in total. The van der Waals surface area contributed by atoms with E-state index in [-0.39, 0.29) is 42.3 Å². The van der Waals surface area contributed by atoms with E-state index in [1.165, 1.54) is 0 Å². The molecule has 0 spiro atoms. The zero-order valence-electron chi connectivity index (χ0n) is 6.86. The Balaban J connectivity index is 0.00000121. The van der Waals surface area contributed by atoms with Crippen molar-refractivity contribution in [1.82, 2.24) is 0 Å². The molecule has 1 aliphatic rings. The van der Waals surface area contributed by atoms with Gasteiger partial charge < -0.3 is 9.29 Å². The summed E-state index contributed by atoms with van der Waals surface area (Å²) in [5.74, 6) is 0. The van der Waals surface area contributed by atoms with E-state index in [1.54, 1.807) is 0 Å². The molecule has 7 heteroatoms. The first-order valence-corrected chi connectivity index (χ1v) is 4.63. The second-order valence-corrected chi connectivity index (χ2v) is 3.38. The summed E-state index contributed by atoms with van der Waals surface area (Å²) in [6, 6.07) is 0. The number of hydrogen-bond donors (Lipinski definition) is 0. The van der Waals surface area contributed by atoms with E-state index < -0.39 is 10.4 Å². The van der Waals surface area contributed by atoms with Crippen molar-refractivity contribution < 1.29 is 51.4 Å². The molecule has 1 heterocycles. The van der Waals surface area contributed by atoms with Gasteiger partial charge in [-0.1, -0.05) is 0 Å². The first-order valence-electron chi connectivity index (χ1n) is 3.30. The average Bonchev–Trinajstić information content (AvgIpc) is 2.32. The van der Waals surface area contributed by atoms with Gasteiger partial charge in [0.25, 0.3) is 0 Å². The van der Waals surface area contributed by atoms with Gasteiger partial charge >= 0.3 is 29.6 Å². The Hall–Kier alpha value is 0.830. The van der Waals surface area contributed by atoms with Crippen molar-refractivity contribution in [3.05, 3.63) is 0 Å². The Morgan fingerprint density at radius 1 is 1.58 bits per heavy atom. The molecule has 0 saturated carbocycles. The maximum Gasteiger partial charge on any atom is 1.00 e. The van der Waals surface area contributed by atoms with Crippen LogP contribution in [0.5, 0.6) is 0 Å². The smallest absolute Gasteiger partial charge is 0.726 e. The van der Waals surface area contributed by atoms with E-state index in [1.807, 2.05) is 0 Å². The SMILES string of the molecule is O=S(=O)([O-])OCC1CCCO1.[Na+]. The number of rotatable bonds is 3. The van der Waals surface area contributed by atoms with Crippen molar-refractivity contribution in [3.8, 4) is 0 Å². The van der Waals surface area contributed by atoms with Gasteiger partial charge in [-0.05, 0) is 12.8 Å². The molecule has 12 heavy (non-hydrogen) atoms. The van der Waals surface area contributed by atoms with Crippen molar-refractivity contribution in [2.24, 2.45) is 0 Å². The Labute approximate surface area is 93.7 Å². The molecule has 0 bridgehead atoms. The van der Waals surface area contributed by atoms with Crippen molar-refractivity contribution in [2.75, 3.05) is 13.2 Å². The van der Waals surface area contributed by atoms with Crippen molar-refractivity contribution in [2.45, 2.75) is 18.9 Å². The fraction of sp³-hybridized carbons (Fsp3) is 1.00. The molecule has 66 valence electrons. The van der Waals surface area contributed by atoms with Crippen LogP contribution in [0, 0.1) is 0 Å². The summed E-state index contributed by atoms with van der Waals surface area (Å²) in [5.41, 5.74) is 0. The minimum Gasteiger partial charge on any atom is -0.726 e. The third-order valence-electron chi connectivity index (χ3n) is 1.42. The van der Waals surface area contributed by atoms with Gasteiger partial charge in [0.1, 0.15) is 0 Å². The van der Waals surface area contributed by atoms with Crippen LogP contribution in [0.25, 0.3) is 0 Å². The Kier molecular flexibility index (Phi) is 5.92. The van der Waals surface area contributed by atoms with Gasteiger partial charge in [-0.3, -0.25) is 4.18 Å². The normalized spacial score (nSPS) is 23.6. The first kappa shape index (κ1) is 12.8. The van der Waals surface area contributed by atoms with Gasteiger partial charge in [0.05, 0.1) is 12.7 Å². The second kappa shape index (κ2) is 5.54. The van der Waals surface area contributed by atoms with Crippen LogP contribution in [0.1, 0.15) is 12.8 Å². The monoisotopic (exact) mass is 204 g/mol. The third-order valence-corrected chi connectivity index (χ3v) is 1.85. The predicted molar refractivity (Wildman–Crippen MR) is 34.6 cm³/mol. The van der Waals surface area contributed by atoms with Crippen molar-refractivity contribution >= 4 is 10.4 Å². The summed E-state index contributed by atoms with van der Waals surface area (Å²) < 4.78 is 38.9. The van der Waals surface area contributed by atoms with Crippen LogP contribution in [0.2, 0.25) is 0 Å². The summed E-state index contributed by atoms with van der Waals surface area (Å²) in [4.78, 5) is 0. The molecule has 1 aliphatic heterocycles. The van der Waals surface area contributed by atoms with Gasteiger partial charge in [0, 0.05) is 6.61 Å². The quantitative estimate of drug-likeness (QED) is 0.273. The molecular formula is C5H9NaO5S. The summed E-state index contributed by atoms with van der Waals surface area (Å²) >= 11 is 0. The molecule has 1 unspecified atom stereocenters. The van der Waals surface area contributed by atoms with E-state index in [0.29, 0.717) is 6.61 Å². The molecule has 0 aliphatic carbocycles. The Bertz CT molecular complexity index is 208. The van der Waals surface area contributed by atoms with Gasteiger partial charge in [0.15, 0.2) is 0 Å². The van der Waals surface area contributed by atoms with E-state index in [0.717, 1.165) is 12.8 Å². The second-order valence-electron chi connectivity index (χ2n) is 2.33. The molecule has 0 radical (unpaired) electrons. The summed E-state index contributed by atoms with van der Waals surface area (Å²) in [5, 5.41) is 0. The van der Waals surface area contributed by atoms with Crippen LogP contribution < -0.4 is 29.6 Å². The maximum absolute atomic E-state index is 9.95. The molecule has 0 aromatic heterocycles. The Morgan fingerprint density at radius 2 is 2.25 bits per heavy atom. The van der Waals surface area contributed by atoms with Crippen LogP contribution in [-0.4, -0.2) is 32.3 Å². The standard InChI is InChI=1S/C5H10O5S.Na/c6-11(7,8)10-4-5-2-1-3-9-5;/h5H,1-4H2,(H,6,7,8);/q;+1/p-1. The molecule has 0 N–H and O–H groups in total. The third kappa shape index (κ3) is 5.47. The van der Waals surface area contributed by atoms with Crippen molar-refractivity contribution in [3.63, 3.8) is 0 Å². The first-order chi connectivity index (χ1) is 5.08. The maximum atomic E-state index is 9.95.